The topological polar surface area (TPSA) is 53.1 Å². The van der Waals surface area contributed by atoms with E-state index in [1.807, 2.05) is 30.3 Å². The van der Waals surface area contributed by atoms with Gasteiger partial charge in [0.2, 0.25) is 0 Å². The number of nitrogens with zero attached hydrogens (tertiary/aromatic N) is 2. The second kappa shape index (κ2) is 5.31. The number of nitrogen functional groups attached to an aromatic ring is 1. The van der Waals surface area contributed by atoms with E-state index in [0.717, 1.165) is 16.4 Å². The van der Waals surface area contributed by atoms with E-state index in [2.05, 4.69) is 4.98 Å². The molecule has 1 aromatic heterocycles. The lowest BCUT2D eigenvalue weighted by Crippen LogP contribution is -2.12. The molecule has 0 amide bonds. The van der Waals surface area contributed by atoms with Crippen molar-refractivity contribution in [1.29, 1.82) is 0 Å². The van der Waals surface area contributed by atoms with Crippen LogP contribution in [0.2, 0.25) is 0 Å². The van der Waals surface area contributed by atoms with Crippen molar-refractivity contribution < 1.29 is 17.9 Å². The molecule has 2 aromatic rings. The maximum absolute atomic E-state index is 12.4. The van der Waals surface area contributed by atoms with Crippen molar-refractivity contribution in [3.05, 3.63) is 53.6 Å². The van der Waals surface area contributed by atoms with E-state index >= 15 is 0 Å². The van der Waals surface area contributed by atoms with Gasteiger partial charge in [-0.2, -0.15) is 13.2 Å². The largest absolute Gasteiger partial charge is 0.434 e. The standard InChI is InChI=1S/C12H12F3N3O/c13-12(14,15)10-6-18(16)11(17-10)8-19-7-9-4-2-1-3-5-9/h1-6H,7-8,16H2. The molecule has 0 aliphatic carbocycles. The lowest BCUT2D eigenvalue weighted by Gasteiger charge is -2.04. The highest BCUT2D eigenvalue weighted by molar-refractivity contribution is 5.13. The fourth-order valence-corrected chi connectivity index (χ4v) is 1.51. The Morgan fingerprint density at radius 1 is 1.16 bits per heavy atom. The van der Waals surface area contributed by atoms with Gasteiger partial charge >= 0.3 is 6.18 Å². The summed E-state index contributed by atoms with van der Waals surface area (Å²) in [6, 6.07) is 9.28. The molecule has 1 aromatic carbocycles. The summed E-state index contributed by atoms with van der Waals surface area (Å²) in [5.74, 6) is 5.42. The van der Waals surface area contributed by atoms with E-state index in [1.54, 1.807) is 0 Å². The predicted molar refractivity (Wildman–Crippen MR) is 62.3 cm³/mol. The van der Waals surface area contributed by atoms with Gasteiger partial charge in [-0.05, 0) is 5.56 Å². The van der Waals surface area contributed by atoms with Crippen LogP contribution in [0, 0.1) is 0 Å². The Labute approximate surface area is 107 Å². The van der Waals surface area contributed by atoms with Crippen molar-refractivity contribution in [3.63, 3.8) is 0 Å². The summed E-state index contributed by atoms with van der Waals surface area (Å²) in [7, 11) is 0. The van der Waals surface area contributed by atoms with E-state index in [4.69, 9.17) is 10.6 Å². The molecular weight excluding hydrogens is 259 g/mol. The Hall–Kier alpha value is -2.02. The van der Waals surface area contributed by atoms with Gasteiger partial charge in [0.05, 0.1) is 12.8 Å². The molecule has 0 fully saturated rings. The van der Waals surface area contributed by atoms with Crippen LogP contribution in [0.3, 0.4) is 0 Å². The zero-order valence-corrected chi connectivity index (χ0v) is 9.89. The normalized spacial score (nSPS) is 11.7. The molecule has 7 heteroatoms. The Kier molecular flexibility index (Phi) is 3.75. The molecule has 2 N–H and O–H groups in total. The summed E-state index contributed by atoms with van der Waals surface area (Å²) in [6.07, 6.45) is -3.76. The second-order valence-electron chi connectivity index (χ2n) is 3.93. The van der Waals surface area contributed by atoms with E-state index in [0.29, 0.717) is 0 Å². The van der Waals surface area contributed by atoms with Crippen LogP contribution in [0.5, 0.6) is 0 Å². The number of benzene rings is 1. The molecule has 0 radical (unpaired) electrons. The fourth-order valence-electron chi connectivity index (χ4n) is 1.51. The van der Waals surface area contributed by atoms with Gasteiger partial charge in [-0.1, -0.05) is 30.3 Å². The van der Waals surface area contributed by atoms with Gasteiger partial charge < -0.3 is 10.6 Å². The summed E-state index contributed by atoms with van der Waals surface area (Å²) < 4.78 is 43.3. The molecule has 0 unspecified atom stereocenters. The van der Waals surface area contributed by atoms with Crippen LogP contribution in [-0.2, 0) is 24.1 Å². The molecule has 102 valence electrons. The van der Waals surface area contributed by atoms with Gasteiger partial charge in [0.25, 0.3) is 0 Å². The zero-order chi connectivity index (χ0) is 13.9. The molecular formula is C12H12F3N3O. The number of aromatic nitrogens is 2. The number of halogens is 3. The number of nitrogens with two attached hydrogens (primary N) is 1. The molecule has 0 bridgehead atoms. The molecule has 0 aliphatic rings. The zero-order valence-electron chi connectivity index (χ0n) is 9.89. The molecule has 0 atom stereocenters. The average Bonchev–Trinajstić information content (AvgIpc) is 2.72. The first-order valence-electron chi connectivity index (χ1n) is 5.49. The Bertz CT molecular complexity index is 537. The lowest BCUT2D eigenvalue weighted by molar-refractivity contribution is -0.141. The second-order valence-corrected chi connectivity index (χ2v) is 3.93. The van der Waals surface area contributed by atoms with Crippen LogP contribution < -0.4 is 5.84 Å². The third kappa shape index (κ3) is 3.47. The SMILES string of the molecule is Nn1cc(C(F)(F)F)nc1COCc1ccccc1. The molecule has 0 spiro atoms. The Balaban J connectivity index is 1.95. The lowest BCUT2D eigenvalue weighted by atomic mass is 10.2. The monoisotopic (exact) mass is 271 g/mol. The van der Waals surface area contributed by atoms with Crippen LogP contribution in [0.4, 0.5) is 13.2 Å². The number of hydrogen-bond acceptors (Lipinski definition) is 3. The van der Waals surface area contributed by atoms with Crippen LogP contribution in [0.25, 0.3) is 0 Å². The van der Waals surface area contributed by atoms with Crippen molar-refractivity contribution >= 4 is 0 Å². The minimum absolute atomic E-state index is 0.0308. The van der Waals surface area contributed by atoms with Crippen molar-refractivity contribution in [2.24, 2.45) is 0 Å². The van der Waals surface area contributed by atoms with Crippen molar-refractivity contribution in [3.8, 4) is 0 Å². The Morgan fingerprint density at radius 2 is 1.84 bits per heavy atom. The number of alkyl halides is 3. The van der Waals surface area contributed by atoms with Crippen LogP contribution in [0.15, 0.2) is 36.5 Å². The minimum Gasteiger partial charge on any atom is -0.369 e. The van der Waals surface area contributed by atoms with Gasteiger partial charge in [0.15, 0.2) is 11.5 Å². The third-order valence-electron chi connectivity index (χ3n) is 2.44. The highest BCUT2D eigenvalue weighted by Crippen LogP contribution is 2.27. The maximum atomic E-state index is 12.4. The van der Waals surface area contributed by atoms with E-state index in [1.165, 1.54) is 0 Å². The fraction of sp³-hybridized carbons (Fsp3) is 0.250. The van der Waals surface area contributed by atoms with Crippen molar-refractivity contribution in [1.82, 2.24) is 9.66 Å². The summed E-state index contributed by atoms with van der Waals surface area (Å²) in [5, 5.41) is 0. The predicted octanol–water partition coefficient (Wildman–Crippen LogP) is 2.33. The number of imidazole rings is 1. The van der Waals surface area contributed by atoms with Crippen LogP contribution >= 0.6 is 0 Å². The summed E-state index contributed by atoms with van der Waals surface area (Å²) >= 11 is 0. The van der Waals surface area contributed by atoms with E-state index in [9.17, 15) is 13.2 Å². The third-order valence-corrected chi connectivity index (χ3v) is 2.44. The summed E-state index contributed by atoms with van der Waals surface area (Å²) in [5.41, 5.74) is -0.0954. The van der Waals surface area contributed by atoms with Crippen LogP contribution in [-0.4, -0.2) is 9.66 Å². The molecule has 4 nitrogen and oxygen atoms in total. The molecule has 1 heterocycles. The smallest absolute Gasteiger partial charge is 0.369 e. The molecule has 0 saturated carbocycles. The minimum atomic E-state index is -4.50. The Morgan fingerprint density at radius 3 is 2.42 bits per heavy atom. The van der Waals surface area contributed by atoms with Crippen molar-refractivity contribution in [2.75, 3.05) is 5.84 Å². The summed E-state index contributed by atoms with van der Waals surface area (Å²) in [4.78, 5) is 3.40. The van der Waals surface area contributed by atoms with Gasteiger partial charge in [-0.3, -0.25) is 4.68 Å². The average molecular weight is 271 g/mol. The quantitative estimate of drug-likeness (QED) is 0.868. The molecule has 2 rings (SSSR count). The molecule has 0 aliphatic heterocycles. The van der Waals surface area contributed by atoms with Crippen LogP contribution in [0.1, 0.15) is 17.1 Å². The summed E-state index contributed by atoms with van der Waals surface area (Å²) in [6.45, 7) is 0.205. The highest BCUT2D eigenvalue weighted by Gasteiger charge is 2.34. The first-order valence-corrected chi connectivity index (χ1v) is 5.49. The number of hydrogen-bond donors (Lipinski definition) is 1. The molecule has 0 saturated heterocycles. The van der Waals surface area contributed by atoms with Gasteiger partial charge in [0.1, 0.15) is 6.61 Å². The van der Waals surface area contributed by atoms with E-state index < -0.39 is 11.9 Å². The highest BCUT2D eigenvalue weighted by atomic mass is 19.4. The number of rotatable bonds is 4. The van der Waals surface area contributed by atoms with Gasteiger partial charge in [-0.25, -0.2) is 4.98 Å². The first kappa shape index (κ1) is 13.4. The molecule has 19 heavy (non-hydrogen) atoms. The maximum Gasteiger partial charge on any atom is 0.434 e. The first-order chi connectivity index (χ1) is 8.97. The van der Waals surface area contributed by atoms with Crippen molar-refractivity contribution in [2.45, 2.75) is 19.4 Å². The van der Waals surface area contributed by atoms with Gasteiger partial charge in [0, 0.05) is 0 Å². The van der Waals surface area contributed by atoms with Gasteiger partial charge in [-0.15, -0.1) is 0 Å². The van der Waals surface area contributed by atoms with E-state index in [-0.39, 0.29) is 19.0 Å². The number of ether oxygens (including phenoxy) is 1.